The standard InChI is InChI=1S/C31H29ClF2N4O3/c1-18(39)26-10-11-28-30(36-26)38(16-23-12-13-40-23)29(35-28)14-19-2-4-20(5-3-19)27-9-8-24(33)31(37-27)41-17-21-6-7-22(32)15-25(21)34/h4,6-11,15,19,23H,2-3,5,12-14,16-17H2,1H3/t19?,23-/m0/s1. The number of hydrogen-bond acceptors (Lipinski definition) is 6. The molecule has 212 valence electrons. The number of aromatic nitrogens is 4. The Morgan fingerprint density at radius 1 is 1.10 bits per heavy atom. The van der Waals surface area contributed by atoms with Gasteiger partial charge in [-0.05, 0) is 73.6 Å². The summed E-state index contributed by atoms with van der Waals surface area (Å²) in [4.78, 5) is 25.8. The van der Waals surface area contributed by atoms with Gasteiger partial charge < -0.3 is 14.0 Å². The third kappa shape index (κ3) is 6.01. The zero-order valence-corrected chi connectivity index (χ0v) is 23.3. The topological polar surface area (TPSA) is 79.1 Å². The van der Waals surface area contributed by atoms with Gasteiger partial charge in [0, 0.05) is 30.5 Å². The maximum atomic E-state index is 14.5. The van der Waals surface area contributed by atoms with E-state index in [4.69, 9.17) is 26.1 Å². The van der Waals surface area contributed by atoms with Crippen LogP contribution in [0.15, 0.2) is 48.5 Å². The van der Waals surface area contributed by atoms with Crippen molar-refractivity contribution in [3.05, 3.63) is 88.0 Å². The summed E-state index contributed by atoms with van der Waals surface area (Å²) in [6.45, 7) is 2.78. The number of pyridine rings is 2. The molecule has 4 aromatic rings. The minimum absolute atomic E-state index is 0.0776. The van der Waals surface area contributed by atoms with Gasteiger partial charge in [-0.1, -0.05) is 23.7 Å². The number of hydrogen-bond donors (Lipinski definition) is 0. The molecular weight excluding hydrogens is 550 g/mol. The van der Waals surface area contributed by atoms with Crippen molar-refractivity contribution in [2.75, 3.05) is 6.61 Å². The highest BCUT2D eigenvalue weighted by Gasteiger charge is 2.25. The number of carbonyl (C=O) groups is 1. The van der Waals surface area contributed by atoms with Crippen molar-refractivity contribution in [2.24, 2.45) is 5.92 Å². The van der Waals surface area contributed by atoms with Crippen LogP contribution < -0.4 is 4.74 Å². The Balaban J connectivity index is 1.17. The van der Waals surface area contributed by atoms with Crippen molar-refractivity contribution in [1.29, 1.82) is 0 Å². The highest BCUT2D eigenvalue weighted by Crippen LogP contribution is 2.33. The Kier molecular flexibility index (Phi) is 7.81. The second kappa shape index (κ2) is 11.7. The average Bonchev–Trinajstić information content (AvgIpc) is 3.27. The Morgan fingerprint density at radius 3 is 2.66 bits per heavy atom. The Hall–Kier alpha value is -3.69. The summed E-state index contributed by atoms with van der Waals surface area (Å²) < 4.78 is 41.9. The molecule has 1 saturated heterocycles. The van der Waals surface area contributed by atoms with Crippen LogP contribution in [-0.4, -0.2) is 38.0 Å². The molecule has 0 spiro atoms. The van der Waals surface area contributed by atoms with E-state index in [1.807, 2.05) is 6.07 Å². The number of allylic oxidation sites excluding steroid dienone is 2. The summed E-state index contributed by atoms with van der Waals surface area (Å²) in [6.07, 6.45) is 6.52. The van der Waals surface area contributed by atoms with Crippen molar-refractivity contribution < 1.29 is 23.0 Å². The van der Waals surface area contributed by atoms with Gasteiger partial charge in [0.2, 0.25) is 0 Å². The minimum atomic E-state index is -0.603. The molecular formula is C31H29ClF2N4O3. The van der Waals surface area contributed by atoms with Crippen molar-refractivity contribution >= 4 is 34.1 Å². The van der Waals surface area contributed by atoms with E-state index in [-0.39, 0.29) is 35.0 Å². The predicted molar refractivity (Wildman–Crippen MR) is 151 cm³/mol. The lowest BCUT2D eigenvalue weighted by Gasteiger charge is -2.28. The lowest BCUT2D eigenvalue weighted by atomic mass is 9.86. The van der Waals surface area contributed by atoms with E-state index in [0.29, 0.717) is 23.9 Å². The number of ether oxygens (including phenoxy) is 2. The molecule has 6 rings (SSSR count). The van der Waals surface area contributed by atoms with Gasteiger partial charge in [-0.3, -0.25) is 4.79 Å². The largest absolute Gasteiger partial charge is 0.471 e. The van der Waals surface area contributed by atoms with Crippen molar-refractivity contribution in [2.45, 2.75) is 58.3 Å². The maximum absolute atomic E-state index is 14.5. The number of ketones is 1. The summed E-state index contributed by atoms with van der Waals surface area (Å²) in [6, 6.07) is 10.8. The molecule has 0 saturated carbocycles. The van der Waals surface area contributed by atoms with Crippen LogP contribution in [0.1, 0.15) is 60.2 Å². The van der Waals surface area contributed by atoms with E-state index < -0.39 is 11.6 Å². The first-order valence-electron chi connectivity index (χ1n) is 13.8. The summed E-state index contributed by atoms with van der Waals surface area (Å²) in [5, 5.41) is 0.281. The number of fused-ring (bicyclic) bond motifs is 1. The quantitative estimate of drug-likeness (QED) is 0.204. The van der Waals surface area contributed by atoms with Crippen LogP contribution in [0.5, 0.6) is 5.88 Å². The lowest BCUT2D eigenvalue weighted by Crippen LogP contribution is -2.32. The van der Waals surface area contributed by atoms with E-state index in [1.54, 1.807) is 18.2 Å². The van der Waals surface area contributed by atoms with E-state index >= 15 is 0 Å². The average molecular weight is 579 g/mol. The first-order valence-corrected chi connectivity index (χ1v) is 14.1. The van der Waals surface area contributed by atoms with E-state index in [2.05, 4.69) is 20.6 Å². The molecule has 7 nitrogen and oxygen atoms in total. The highest BCUT2D eigenvalue weighted by molar-refractivity contribution is 6.30. The fraction of sp³-hybridized carbons (Fsp3) is 0.355. The number of imidazole rings is 1. The third-order valence-electron chi connectivity index (χ3n) is 7.72. The van der Waals surface area contributed by atoms with Crippen LogP contribution in [0.2, 0.25) is 5.02 Å². The van der Waals surface area contributed by atoms with Crippen molar-refractivity contribution in [1.82, 2.24) is 19.5 Å². The van der Waals surface area contributed by atoms with Crippen LogP contribution in [0, 0.1) is 17.6 Å². The number of rotatable bonds is 9. The molecule has 1 aliphatic heterocycles. The van der Waals surface area contributed by atoms with Crippen LogP contribution in [0.25, 0.3) is 16.7 Å². The second-order valence-corrected chi connectivity index (χ2v) is 11.0. The molecule has 0 amide bonds. The molecule has 10 heteroatoms. The molecule has 3 aromatic heterocycles. The number of carbonyl (C=O) groups excluding carboxylic acids is 1. The zero-order chi connectivity index (χ0) is 28.5. The molecule has 0 N–H and O–H groups in total. The lowest BCUT2D eigenvalue weighted by molar-refractivity contribution is -0.0591. The number of nitrogens with zero attached hydrogens (tertiary/aromatic N) is 4. The summed E-state index contributed by atoms with van der Waals surface area (Å²) in [7, 11) is 0. The molecule has 0 radical (unpaired) electrons. The predicted octanol–water partition coefficient (Wildman–Crippen LogP) is 6.75. The van der Waals surface area contributed by atoms with Gasteiger partial charge in [-0.2, -0.15) is 0 Å². The molecule has 0 bridgehead atoms. The first kappa shape index (κ1) is 27.5. The minimum Gasteiger partial charge on any atom is -0.471 e. The fourth-order valence-electron chi connectivity index (χ4n) is 5.28. The van der Waals surface area contributed by atoms with Gasteiger partial charge in [-0.25, -0.2) is 23.7 Å². The Morgan fingerprint density at radius 2 is 1.95 bits per heavy atom. The summed E-state index contributed by atoms with van der Waals surface area (Å²) in [5.74, 6) is -0.0638. The number of halogens is 3. The molecule has 1 fully saturated rings. The van der Waals surface area contributed by atoms with Gasteiger partial charge >= 0.3 is 0 Å². The van der Waals surface area contributed by atoms with Crippen LogP contribution in [0.4, 0.5) is 8.78 Å². The fourth-order valence-corrected chi connectivity index (χ4v) is 5.44. The van der Waals surface area contributed by atoms with E-state index in [0.717, 1.165) is 61.3 Å². The molecule has 1 aromatic carbocycles. The number of benzene rings is 1. The molecule has 1 unspecified atom stereocenters. The normalized spacial score (nSPS) is 18.7. The number of Topliss-reactive ketones (excluding diaryl/α,β-unsaturated/α-hetero) is 1. The van der Waals surface area contributed by atoms with Gasteiger partial charge in [0.1, 0.15) is 29.5 Å². The first-order chi connectivity index (χ1) is 19.8. The zero-order valence-electron chi connectivity index (χ0n) is 22.6. The molecule has 1 aliphatic carbocycles. The van der Waals surface area contributed by atoms with Crippen molar-refractivity contribution in [3.63, 3.8) is 0 Å². The molecule has 2 atom stereocenters. The summed E-state index contributed by atoms with van der Waals surface area (Å²) >= 11 is 5.81. The second-order valence-electron chi connectivity index (χ2n) is 10.6. The van der Waals surface area contributed by atoms with Crippen LogP contribution in [-0.2, 0) is 24.3 Å². The monoisotopic (exact) mass is 578 g/mol. The Bertz CT molecular complexity index is 1650. The van der Waals surface area contributed by atoms with Gasteiger partial charge in [0.15, 0.2) is 17.2 Å². The summed E-state index contributed by atoms with van der Waals surface area (Å²) in [5.41, 5.74) is 3.86. The Labute approximate surface area is 241 Å². The van der Waals surface area contributed by atoms with Gasteiger partial charge in [0.05, 0.1) is 18.3 Å². The molecule has 41 heavy (non-hydrogen) atoms. The van der Waals surface area contributed by atoms with Gasteiger partial charge in [0.25, 0.3) is 5.88 Å². The molecule has 4 heterocycles. The van der Waals surface area contributed by atoms with Crippen LogP contribution >= 0.6 is 11.6 Å². The molecule has 2 aliphatic rings. The maximum Gasteiger partial charge on any atom is 0.251 e. The smallest absolute Gasteiger partial charge is 0.251 e. The van der Waals surface area contributed by atoms with Gasteiger partial charge in [-0.15, -0.1) is 0 Å². The third-order valence-corrected chi connectivity index (χ3v) is 7.96. The highest BCUT2D eigenvalue weighted by atomic mass is 35.5. The van der Waals surface area contributed by atoms with E-state index in [9.17, 15) is 13.6 Å². The van der Waals surface area contributed by atoms with E-state index in [1.165, 1.54) is 25.1 Å². The van der Waals surface area contributed by atoms with Crippen molar-refractivity contribution in [3.8, 4) is 5.88 Å². The SMILES string of the molecule is CC(=O)c1ccc2nc(CC3CC=C(c4ccc(F)c(OCc5ccc(Cl)cc5F)n4)CC3)n(C[C@@H]3CCO3)c2n1. The van der Waals surface area contributed by atoms with Crippen LogP contribution in [0.3, 0.4) is 0 Å².